The minimum absolute atomic E-state index is 0.122. The van der Waals surface area contributed by atoms with Crippen molar-refractivity contribution < 1.29 is 14.7 Å². The van der Waals surface area contributed by atoms with Crippen molar-refractivity contribution in [3.63, 3.8) is 0 Å². The summed E-state index contributed by atoms with van der Waals surface area (Å²) in [5.74, 6) is -0.693. The second kappa shape index (κ2) is 5.48. The highest BCUT2D eigenvalue weighted by Crippen LogP contribution is 2.24. The first-order valence-corrected chi connectivity index (χ1v) is 7.34. The number of H-pyrrole nitrogens is 1. The normalized spacial score (nSPS) is 29.0. The fourth-order valence-corrected chi connectivity index (χ4v) is 3.18. The molecule has 1 aromatic rings. The summed E-state index contributed by atoms with van der Waals surface area (Å²) >= 11 is 0. The van der Waals surface area contributed by atoms with Gasteiger partial charge in [0.2, 0.25) is 5.91 Å². The first-order valence-electron chi connectivity index (χ1n) is 7.34. The number of hydrogen-bond acceptors (Lipinski definition) is 4. The number of piperidine rings is 1. The second-order valence-corrected chi connectivity index (χ2v) is 5.98. The van der Waals surface area contributed by atoms with E-state index in [1.54, 1.807) is 6.33 Å². The number of carboxylic acid groups (broad SMARTS) is 1. The maximum atomic E-state index is 12.7. The lowest BCUT2D eigenvalue weighted by Crippen LogP contribution is -2.57. The third-order valence-corrected chi connectivity index (χ3v) is 4.46. The highest BCUT2D eigenvalue weighted by atomic mass is 16.4. The number of nitrogens with zero attached hydrogens (tertiary/aromatic N) is 2. The summed E-state index contributed by atoms with van der Waals surface area (Å²) in [5, 5.41) is 12.5. The number of aromatic nitrogens is 2. The van der Waals surface area contributed by atoms with Crippen molar-refractivity contribution >= 4 is 11.9 Å². The lowest BCUT2D eigenvalue weighted by Gasteiger charge is -2.38. The number of aromatic amines is 1. The first-order chi connectivity index (χ1) is 10.1. The van der Waals surface area contributed by atoms with E-state index in [4.69, 9.17) is 0 Å². The summed E-state index contributed by atoms with van der Waals surface area (Å²) in [6, 6.07) is -1.08. The van der Waals surface area contributed by atoms with E-state index in [1.165, 1.54) is 4.90 Å². The Labute approximate surface area is 122 Å². The zero-order valence-corrected chi connectivity index (χ0v) is 12.0. The van der Waals surface area contributed by atoms with E-state index in [9.17, 15) is 14.7 Å². The molecular weight excluding hydrogens is 272 g/mol. The summed E-state index contributed by atoms with van der Waals surface area (Å²) in [5.41, 5.74) is 1.89. The predicted molar refractivity (Wildman–Crippen MR) is 74.5 cm³/mol. The molecule has 0 saturated carbocycles. The van der Waals surface area contributed by atoms with Crippen LogP contribution in [0.15, 0.2) is 6.33 Å². The van der Waals surface area contributed by atoms with Gasteiger partial charge in [-0.1, -0.05) is 6.92 Å². The van der Waals surface area contributed by atoms with Crippen LogP contribution in [-0.2, 0) is 22.6 Å². The van der Waals surface area contributed by atoms with Gasteiger partial charge in [0.05, 0.1) is 23.8 Å². The number of carbonyl (C=O) groups excluding carboxylic acids is 1. The Bertz CT molecular complexity index is 556. The van der Waals surface area contributed by atoms with Crippen LogP contribution in [0.5, 0.6) is 0 Å². The van der Waals surface area contributed by atoms with Gasteiger partial charge in [-0.3, -0.25) is 10.1 Å². The molecule has 3 atom stereocenters. The number of aliphatic carboxylic acids is 1. The molecule has 3 heterocycles. The molecule has 2 aliphatic heterocycles. The molecule has 7 nitrogen and oxygen atoms in total. The van der Waals surface area contributed by atoms with E-state index in [0.717, 1.165) is 17.8 Å². The van der Waals surface area contributed by atoms with Crippen LogP contribution in [-0.4, -0.2) is 50.5 Å². The summed E-state index contributed by atoms with van der Waals surface area (Å²) in [6.07, 6.45) is 3.52. The number of likely N-dealkylation sites (tertiary alicyclic amines) is 1. The summed E-state index contributed by atoms with van der Waals surface area (Å²) in [4.78, 5) is 32.9. The number of carboxylic acids is 1. The number of amides is 1. The van der Waals surface area contributed by atoms with Crippen molar-refractivity contribution in [3.8, 4) is 0 Å². The Morgan fingerprint density at radius 3 is 3.05 bits per heavy atom. The monoisotopic (exact) mass is 292 g/mol. The molecule has 7 heteroatoms. The van der Waals surface area contributed by atoms with Crippen LogP contribution in [0.1, 0.15) is 31.2 Å². The number of fused-ring (bicyclic) bond motifs is 1. The van der Waals surface area contributed by atoms with Gasteiger partial charge in [-0.15, -0.1) is 0 Å². The summed E-state index contributed by atoms with van der Waals surface area (Å²) in [7, 11) is 0. The maximum absolute atomic E-state index is 12.7. The van der Waals surface area contributed by atoms with Gasteiger partial charge in [0, 0.05) is 19.5 Å². The quantitative estimate of drug-likeness (QED) is 0.720. The largest absolute Gasteiger partial charge is 0.480 e. The van der Waals surface area contributed by atoms with E-state index < -0.39 is 12.0 Å². The van der Waals surface area contributed by atoms with Gasteiger partial charge in [-0.25, -0.2) is 9.78 Å². The summed E-state index contributed by atoms with van der Waals surface area (Å²) < 4.78 is 0. The van der Waals surface area contributed by atoms with Crippen LogP contribution in [0.2, 0.25) is 0 Å². The van der Waals surface area contributed by atoms with Gasteiger partial charge < -0.3 is 15.0 Å². The Morgan fingerprint density at radius 1 is 1.48 bits per heavy atom. The number of nitrogens with one attached hydrogen (secondary N) is 2. The SMILES string of the molecule is CC1CCN(C(=O)C2Cc3nc[nH]c3CN2)C(C(=O)O)C1. The zero-order chi connectivity index (χ0) is 15.0. The Hall–Kier alpha value is -1.89. The molecular formula is C14H20N4O3. The van der Waals surface area contributed by atoms with Crippen molar-refractivity contribution in [3.05, 3.63) is 17.7 Å². The predicted octanol–water partition coefficient (Wildman–Crippen LogP) is 0.136. The molecule has 3 unspecified atom stereocenters. The van der Waals surface area contributed by atoms with E-state index in [2.05, 4.69) is 15.3 Å². The lowest BCUT2D eigenvalue weighted by molar-refractivity contribution is -0.154. The molecule has 0 bridgehead atoms. The van der Waals surface area contributed by atoms with Crippen LogP contribution < -0.4 is 5.32 Å². The lowest BCUT2D eigenvalue weighted by atomic mass is 9.91. The second-order valence-electron chi connectivity index (χ2n) is 5.98. The molecule has 1 amide bonds. The Kier molecular flexibility index (Phi) is 3.67. The third-order valence-electron chi connectivity index (χ3n) is 4.46. The van der Waals surface area contributed by atoms with Gasteiger partial charge in [0.15, 0.2) is 0 Å². The minimum Gasteiger partial charge on any atom is -0.480 e. The minimum atomic E-state index is -0.911. The van der Waals surface area contributed by atoms with Gasteiger partial charge in [0.1, 0.15) is 6.04 Å². The maximum Gasteiger partial charge on any atom is 0.326 e. The first kappa shape index (κ1) is 14.1. The molecule has 3 N–H and O–H groups in total. The van der Waals surface area contributed by atoms with Crippen molar-refractivity contribution in [2.24, 2.45) is 5.92 Å². The molecule has 1 saturated heterocycles. The average molecular weight is 292 g/mol. The fraction of sp³-hybridized carbons (Fsp3) is 0.643. The van der Waals surface area contributed by atoms with Crippen LogP contribution in [0.25, 0.3) is 0 Å². The zero-order valence-electron chi connectivity index (χ0n) is 12.0. The molecule has 0 spiro atoms. The van der Waals surface area contributed by atoms with Crippen molar-refractivity contribution in [2.75, 3.05) is 6.54 Å². The molecule has 2 aliphatic rings. The van der Waals surface area contributed by atoms with Crippen molar-refractivity contribution in [1.82, 2.24) is 20.2 Å². The van der Waals surface area contributed by atoms with Gasteiger partial charge in [-0.05, 0) is 18.8 Å². The van der Waals surface area contributed by atoms with E-state index in [1.807, 2.05) is 6.92 Å². The molecule has 0 aliphatic carbocycles. The van der Waals surface area contributed by atoms with Crippen molar-refractivity contribution in [1.29, 1.82) is 0 Å². The van der Waals surface area contributed by atoms with E-state index in [-0.39, 0.29) is 11.9 Å². The number of rotatable bonds is 2. The molecule has 1 fully saturated rings. The van der Waals surface area contributed by atoms with Crippen LogP contribution >= 0.6 is 0 Å². The molecule has 114 valence electrons. The molecule has 0 radical (unpaired) electrons. The number of imidazole rings is 1. The van der Waals surface area contributed by atoms with E-state index in [0.29, 0.717) is 31.8 Å². The molecule has 21 heavy (non-hydrogen) atoms. The van der Waals surface area contributed by atoms with Gasteiger partial charge in [0.25, 0.3) is 0 Å². The van der Waals surface area contributed by atoms with Gasteiger partial charge >= 0.3 is 5.97 Å². The third kappa shape index (κ3) is 2.65. The number of carbonyl (C=O) groups is 2. The van der Waals surface area contributed by atoms with Crippen molar-refractivity contribution in [2.45, 2.75) is 44.8 Å². The van der Waals surface area contributed by atoms with E-state index >= 15 is 0 Å². The standard InChI is InChI=1S/C14H20N4O3/c1-8-2-3-18(12(4-8)14(20)21)13(19)10-5-9-11(6-15-10)17-7-16-9/h7-8,10,12,15H,2-6H2,1H3,(H,16,17)(H,20,21). The van der Waals surface area contributed by atoms with Crippen LogP contribution in [0.3, 0.4) is 0 Å². The number of hydrogen-bond donors (Lipinski definition) is 3. The highest BCUT2D eigenvalue weighted by Gasteiger charge is 2.38. The molecule has 0 aromatic carbocycles. The fourth-order valence-electron chi connectivity index (χ4n) is 3.18. The van der Waals surface area contributed by atoms with Gasteiger partial charge in [-0.2, -0.15) is 0 Å². The smallest absolute Gasteiger partial charge is 0.326 e. The van der Waals surface area contributed by atoms with Crippen LogP contribution in [0, 0.1) is 5.92 Å². The Balaban J connectivity index is 1.74. The average Bonchev–Trinajstić information content (AvgIpc) is 2.93. The molecule has 1 aromatic heterocycles. The topological polar surface area (TPSA) is 98.3 Å². The van der Waals surface area contributed by atoms with Crippen LogP contribution in [0.4, 0.5) is 0 Å². The molecule has 3 rings (SSSR count). The highest BCUT2D eigenvalue weighted by molar-refractivity contribution is 5.87. The Morgan fingerprint density at radius 2 is 2.29 bits per heavy atom. The summed E-state index contributed by atoms with van der Waals surface area (Å²) in [6.45, 7) is 3.11.